The van der Waals surface area contributed by atoms with E-state index in [9.17, 15) is 19.2 Å². The maximum absolute atomic E-state index is 12.5. The third-order valence-electron chi connectivity index (χ3n) is 5.77. The van der Waals surface area contributed by atoms with Crippen LogP contribution < -0.4 is 0 Å². The van der Waals surface area contributed by atoms with Crippen LogP contribution in [0, 0.1) is 5.92 Å². The van der Waals surface area contributed by atoms with Crippen molar-refractivity contribution >= 4 is 23.4 Å². The van der Waals surface area contributed by atoms with Gasteiger partial charge in [-0.25, -0.2) is 0 Å². The predicted molar refractivity (Wildman–Crippen MR) is 108 cm³/mol. The number of carbonyl (C=O) groups excluding carboxylic acids is 4. The van der Waals surface area contributed by atoms with Crippen LogP contribution in [0.15, 0.2) is 12.7 Å². The van der Waals surface area contributed by atoms with Gasteiger partial charge in [-0.05, 0) is 25.7 Å². The number of rotatable bonds is 9. The van der Waals surface area contributed by atoms with Crippen molar-refractivity contribution in [2.75, 3.05) is 26.2 Å². The number of ketones is 2. The summed E-state index contributed by atoms with van der Waals surface area (Å²) in [4.78, 5) is 52.6. The Morgan fingerprint density at radius 2 is 1.71 bits per heavy atom. The van der Waals surface area contributed by atoms with E-state index >= 15 is 0 Å². The Kier molecular flexibility index (Phi) is 9.55. The van der Waals surface area contributed by atoms with Crippen molar-refractivity contribution in [1.82, 2.24) is 9.80 Å². The molecule has 2 amide bonds. The lowest BCUT2D eigenvalue weighted by molar-refractivity contribution is -0.144. The number of nitrogens with zero attached hydrogens (tertiary/aromatic N) is 2. The van der Waals surface area contributed by atoms with Gasteiger partial charge in [0.15, 0.2) is 0 Å². The molecule has 6 heteroatoms. The van der Waals surface area contributed by atoms with Crippen molar-refractivity contribution in [1.29, 1.82) is 0 Å². The number of carbonyl (C=O) groups is 4. The Bertz CT molecular complexity index is 541. The summed E-state index contributed by atoms with van der Waals surface area (Å²) in [5, 5.41) is 0. The van der Waals surface area contributed by atoms with E-state index in [1.54, 1.807) is 6.08 Å². The third kappa shape index (κ3) is 6.97. The number of Topliss-reactive ketones (excluding diaryl/α,β-unsaturated/α-hetero) is 2. The molecule has 0 spiro atoms. The summed E-state index contributed by atoms with van der Waals surface area (Å²) in [6.45, 7) is 5.84. The van der Waals surface area contributed by atoms with Gasteiger partial charge in [-0.15, -0.1) is 6.58 Å². The summed E-state index contributed by atoms with van der Waals surface area (Å²) in [6, 6.07) is 0. The zero-order valence-electron chi connectivity index (χ0n) is 17.0. The number of hydrogen-bond acceptors (Lipinski definition) is 5. The Balaban J connectivity index is 1.82. The standard InChI is InChI=1S/C22H34N2O4/c1-2-14-23(16-12-20(26)18-9-5-3-6-10-19(18)25)17-13-22(28)24-15-8-4-7-11-21(24)27/h2,18H,1,3-17H2. The summed E-state index contributed by atoms with van der Waals surface area (Å²) < 4.78 is 0. The van der Waals surface area contributed by atoms with Crippen LogP contribution >= 0.6 is 0 Å². The first-order valence-electron chi connectivity index (χ1n) is 10.7. The average Bonchev–Trinajstić information content (AvgIpc) is 3.03. The molecule has 156 valence electrons. The largest absolute Gasteiger partial charge is 0.299 e. The fourth-order valence-electron chi connectivity index (χ4n) is 4.05. The first-order chi connectivity index (χ1) is 13.5. The van der Waals surface area contributed by atoms with Crippen molar-refractivity contribution in [3.63, 3.8) is 0 Å². The molecule has 6 nitrogen and oxygen atoms in total. The second kappa shape index (κ2) is 11.9. The topological polar surface area (TPSA) is 74.8 Å². The second-order valence-electron chi connectivity index (χ2n) is 7.92. The van der Waals surface area contributed by atoms with E-state index in [4.69, 9.17) is 0 Å². The lowest BCUT2D eigenvalue weighted by Crippen LogP contribution is -2.39. The Morgan fingerprint density at radius 1 is 1.00 bits per heavy atom. The molecule has 1 saturated heterocycles. The third-order valence-corrected chi connectivity index (χ3v) is 5.77. The summed E-state index contributed by atoms with van der Waals surface area (Å²) in [5.74, 6) is -0.530. The Hall–Kier alpha value is -1.82. The molecule has 1 heterocycles. The lowest BCUT2D eigenvalue weighted by Gasteiger charge is -2.23. The maximum atomic E-state index is 12.5. The van der Waals surface area contributed by atoms with E-state index in [0.29, 0.717) is 51.9 Å². The zero-order valence-corrected chi connectivity index (χ0v) is 17.0. The minimum Gasteiger partial charge on any atom is -0.299 e. The molecule has 28 heavy (non-hydrogen) atoms. The summed E-state index contributed by atoms with van der Waals surface area (Å²) >= 11 is 0. The van der Waals surface area contributed by atoms with Crippen LogP contribution in [-0.4, -0.2) is 59.4 Å². The van der Waals surface area contributed by atoms with Crippen molar-refractivity contribution in [3.8, 4) is 0 Å². The average molecular weight is 391 g/mol. The fourth-order valence-corrected chi connectivity index (χ4v) is 4.05. The monoisotopic (exact) mass is 390 g/mol. The van der Waals surface area contributed by atoms with Gasteiger partial charge in [-0.3, -0.25) is 29.0 Å². The zero-order chi connectivity index (χ0) is 20.4. The summed E-state index contributed by atoms with van der Waals surface area (Å²) in [7, 11) is 0. The van der Waals surface area contributed by atoms with Crippen LogP contribution in [0.25, 0.3) is 0 Å². The van der Waals surface area contributed by atoms with Gasteiger partial charge in [0.05, 0.1) is 5.92 Å². The highest BCUT2D eigenvalue weighted by Gasteiger charge is 2.28. The maximum Gasteiger partial charge on any atom is 0.230 e. The molecule has 0 N–H and O–H groups in total. The van der Waals surface area contributed by atoms with Gasteiger partial charge in [0, 0.05) is 51.9 Å². The van der Waals surface area contributed by atoms with Crippen LogP contribution in [0.4, 0.5) is 0 Å². The molecular weight excluding hydrogens is 356 g/mol. The molecule has 0 aromatic rings. The van der Waals surface area contributed by atoms with Crippen LogP contribution in [-0.2, 0) is 19.2 Å². The number of imide groups is 1. The first-order valence-corrected chi connectivity index (χ1v) is 10.7. The molecule has 2 fully saturated rings. The van der Waals surface area contributed by atoms with E-state index in [2.05, 4.69) is 6.58 Å². The summed E-state index contributed by atoms with van der Waals surface area (Å²) in [6.07, 6.45) is 9.55. The molecule has 0 bridgehead atoms. The van der Waals surface area contributed by atoms with E-state index in [-0.39, 0.29) is 29.8 Å². The highest BCUT2D eigenvalue weighted by Crippen LogP contribution is 2.22. The fraction of sp³-hybridized carbons (Fsp3) is 0.727. The van der Waals surface area contributed by atoms with Gasteiger partial charge < -0.3 is 0 Å². The highest BCUT2D eigenvalue weighted by atomic mass is 16.2. The molecule has 1 atom stereocenters. The van der Waals surface area contributed by atoms with E-state index in [1.165, 1.54) is 4.90 Å². The normalized spacial score (nSPS) is 21.3. The highest BCUT2D eigenvalue weighted by molar-refractivity contribution is 6.02. The van der Waals surface area contributed by atoms with Crippen LogP contribution in [0.5, 0.6) is 0 Å². The molecule has 2 aliphatic rings. The van der Waals surface area contributed by atoms with Gasteiger partial charge >= 0.3 is 0 Å². The molecule has 1 aliphatic carbocycles. The van der Waals surface area contributed by atoms with E-state index in [0.717, 1.165) is 38.5 Å². The molecule has 2 rings (SSSR count). The second-order valence-corrected chi connectivity index (χ2v) is 7.92. The minimum absolute atomic E-state index is 0.0231. The number of hydrogen-bond donors (Lipinski definition) is 0. The van der Waals surface area contributed by atoms with Gasteiger partial charge in [-0.1, -0.05) is 25.3 Å². The van der Waals surface area contributed by atoms with Crippen LogP contribution in [0.2, 0.25) is 0 Å². The smallest absolute Gasteiger partial charge is 0.230 e. The predicted octanol–water partition coefficient (Wildman–Crippen LogP) is 2.90. The molecule has 1 saturated carbocycles. The number of amides is 2. The minimum atomic E-state index is -0.440. The van der Waals surface area contributed by atoms with Crippen molar-refractivity contribution < 1.29 is 19.2 Å². The van der Waals surface area contributed by atoms with Crippen molar-refractivity contribution in [3.05, 3.63) is 12.7 Å². The molecule has 0 aromatic heterocycles. The number of likely N-dealkylation sites (tertiary alicyclic amines) is 1. The summed E-state index contributed by atoms with van der Waals surface area (Å²) in [5.41, 5.74) is 0. The van der Waals surface area contributed by atoms with Gasteiger partial charge in [0.2, 0.25) is 11.8 Å². The lowest BCUT2D eigenvalue weighted by atomic mass is 9.92. The first kappa shape index (κ1) is 22.5. The SMILES string of the molecule is C=CCN(CCC(=O)C1CCCCCC1=O)CCC(=O)N1CCCCCC1=O. The van der Waals surface area contributed by atoms with Gasteiger partial charge in [0.1, 0.15) is 11.6 Å². The quantitative estimate of drug-likeness (QED) is 0.344. The molecular formula is C22H34N2O4. The van der Waals surface area contributed by atoms with Gasteiger partial charge in [-0.2, -0.15) is 0 Å². The Labute approximate surface area is 168 Å². The molecule has 0 radical (unpaired) electrons. The Morgan fingerprint density at radius 3 is 2.50 bits per heavy atom. The van der Waals surface area contributed by atoms with Crippen LogP contribution in [0.3, 0.4) is 0 Å². The molecule has 1 unspecified atom stereocenters. The van der Waals surface area contributed by atoms with Gasteiger partial charge in [0.25, 0.3) is 0 Å². The van der Waals surface area contributed by atoms with Crippen molar-refractivity contribution in [2.45, 2.75) is 70.6 Å². The molecule has 1 aliphatic heterocycles. The van der Waals surface area contributed by atoms with E-state index < -0.39 is 5.92 Å². The van der Waals surface area contributed by atoms with Crippen molar-refractivity contribution in [2.24, 2.45) is 5.92 Å². The van der Waals surface area contributed by atoms with Crippen LogP contribution in [0.1, 0.15) is 70.6 Å². The molecule has 0 aromatic carbocycles. The van der Waals surface area contributed by atoms with E-state index in [1.807, 2.05) is 4.90 Å².